The van der Waals surface area contributed by atoms with Crippen molar-refractivity contribution in [3.05, 3.63) is 28.3 Å². The Labute approximate surface area is 177 Å². The fourth-order valence-corrected chi connectivity index (χ4v) is 5.40. The van der Waals surface area contributed by atoms with Crippen LogP contribution in [0, 0.1) is 16.0 Å². The van der Waals surface area contributed by atoms with E-state index in [1.165, 1.54) is 22.5 Å². The Hall–Kier alpha value is -2.24. The molecule has 0 radical (unpaired) electrons. The lowest BCUT2D eigenvalue weighted by atomic mass is 9.95. The van der Waals surface area contributed by atoms with Crippen LogP contribution in [0.4, 0.5) is 11.4 Å². The third-order valence-corrected chi connectivity index (χ3v) is 7.70. The van der Waals surface area contributed by atoms with E-state index in [-0.39, 0.29) is 22.4 Å². The van der Waals surface area contributed by atoms with Crippen molar-refractivity contribution in [3.63, 3.8) is 0 Å². The highest BCUT2D eigenvalue weighted by Crippen LogP contribution is 2.34. The van der Waals surface area contributed by atoms with E-state index in [0.717, 1.165) is 0 Å². The smallest absolute Gasteiger partial charge is 0.293 e. The molecule has 0 bridgehead atoms. The molecule has 2 aliphatic rings. The number of likely N-dealkylation sites (N-methyl/N-ethyl adjacent to an activating group) is 1. The van der Waals surface area contributed by atoms with Crippen LogP contribution in [-0.2, 0) is 14.8 Å². The molecule has 1 aromatic carbocycles. The second-order valence-electron chi connectivity index (χ2n) is 7.77. The van der Waals surface area contributed by atoms with Gasteiger partial charge >= 0.3 is 0 Å². The second kappa shape index (κ2) is 9.27. The molecule has 2 saturated heterocycles. The molecular weight excluding hydrogens is 410 g/mol. The average Bonchev–Trinajstić information content (AvgIpc) is 2.74. The van der Waals surface area contributed by atoms with E-state index in [0.29, 0.717) is 64.3 Å². The summed E-state index contributed by atoms with van der Waals surface area (Å²) < 4.78 is 27.3. The molecular formula is C19H29N5O5S. The Morgan fingerprint density at radius 1 is 1.17 bits per heavy atom. The molecule has 0 aromatic heterocycles. The van der Waals surface area contributed by atoms with Crippen LogP contribution in [0.15, 0.2) is 23.1 Å². The topological polar surface area (TPSA) is 116 Å². The van der Waals surface area contributed by atoms with Gasteiger partial charge in [0, 0.05) is 57.8 Å². The molecule has 0 atom stereocenters. The maximum Gasteiger partial charge on any atom is 0.293 e. The Morgan fingerprint density at radius 3 is 2.37 bits per heavy atom. The summed E-state index contributed by atoms with van der Waals surface area (Å²) in [7, 11) is -1.86. The highest BCUT2D eigenvalue weighted by Gasteiger charge is 2.32. The third-order valence-electron chi connectivity index (χ3n) is 5.80. The van der Waals surface area contributed by atoms with Crippen LogP contribution in [0.25, 0.3) is 0 Å². The lowest BCUT2D eigenvalue weighted by molar-refractivity contribution is -0.384. The van der Waals surface area contributed by atoms with E-state index in [4.69, 9.17) is 0 Å². The van der Waals surface area contributed by atoms with Crippen LogP contribution < -0.4 is 10.2 Å². The molecule has 3 rings (SSSR count). The first kappa shape index (κ1) is 22.4. The fourth-order valence-electron chi connectivity index (χ4n) is 3.96. The van der Waals surface area contributed by atoms with Crippen molar-refractivity contribution in [2.24, 2.45) is 5.92 Å². The van der Waals surface area contributed by atoms with Gasteiger partial charge in [0.05, 0.1) is 9.82 Å². The van der Waals surface area contributed by atoms with Crippen molar-refractivity contribution < 1.29 is 18.1 Å². The summed E-state index contributed by atoms with van der Waals surface area (Å²) >= 11 is 0. The van der Waals surface area contributed by atoms with E-state index >= 15 is 0 Å². The van der Waals surface area contributed by atoms with Crippen LogP contribution >= 0.6 is 0 Å². The summed E-state index contributed by atoms with van der Waals surface area (Å²) in [4.78, 5) is 27.1. The van der Waals surface area contributed by atoms with Gasteiger partial charge in [0.15, 0.2) is 0 Å². The van der Waals surface area contributed by atoms with E-state index in [9.17, 15) is 23.3 Å². The molecule has 30 heavy (non-hydrogen) atoms. The van der Waals surface area contributed by atoms with Gasteiger partial charge in [-0.15, -0.1) is 0 Å². The highest BCUT2D eigenvalue weighted by molar-refractivity contribution is 7.89. The SMILES string of the molecule is CCNC(=O)C1CCN(c2ccc(S(=O)(=O)N3CCN(C)CC3)cc2[N+](=O)[O-])CC1. The van der Waals surface area contributed by atoms with Crippen LogP contribution in [0.2, 0.25) is 0 Å². The standard InChI is InChI=1S/C19H29N5O5S/c1-3-20-19(25)15-6-8-22(9-7-15)17-5-4-16(14-18(17)24(26)27)30(28,29)23-12-10-21(2)11-13-23/h4-5,14-15H,3,6-13H2,1-2H3,(H,20,25). The summed E-state index contributed by atoms with van der Waals surface area (Å²) in [6.45, 7) is 5.44. The molecule has 11 heteroatoms. The summed E-state index contributed by atoms with van der Waals surface area (Å²) in [5.74, 6) is -0.0857. The molecule has 2 heterocycles. The predicted octanol–water partition coefficient (Wildman–Crippen LogP) is 0.883. The van der Waals surface area contributed by atoms with Gasteiger partial charge in [-0.05, 0) is 38.9 Å². The zero-order valence-electron chi connectivity index (χ0n) is 17.4. The normalized spacial score (nSPS) is 19.6. The van der Waals surface area contributed by atoms with Gasteiger partial charge in [0.2, 0.25) is 15.9 Å². The van der Waals surface area contributed by atoms with E-state index in [2.05, 4.69) is 5.32 Å². The molecule has 0 spiro atoms. The second-order valence-corrected chi connectivity index (χ2v) is 9.71. The molecule has 1 amide bonds. The van der Waals surface area contributed by atoms with Crippen molar-refractivity contribution in [2.75, 3.05) is 57.8 Å². The molecule has 1 N–H and O–H groups in total. The van der Waals surface area contributed by atoms with Gasteiger partial charge in [0.25, 0.3) is 5.69 Å². The van der Waals surface area contributed by atoms with Gasteiger partial charge < -0.3 is 15.1 Å². The van der Waals surface area contributed by atoms with Gasteiger partial charge in [-0.2, -0.15) is 4.31 Å². The molecule has 2 aliphatic heterocycles. The quantitative estimate of drug-likeness (QED) is 0.517. The largest absolute Gasteiger partial charge is 0.366 e. The number of nitro benzene ring substituents is 1. The Balaban J connectivity index is 1.80. The highest BCUT2D eigenvalue weighted by atomic mass is 32.2. The fraction of sp³-hybridized carbons (Fsp3) is 0.632. The molecule has 1 aromatic rings. The summed E-state index contributed by atoms with van der Waals surface area (Å²) in [6.07, 6.45) is 1.20. The van der Waals surface area contributed by atoms with E-state index in [1.54, 1.807) is 0 Å². The van der Waals surface area contributed by atoms with E-state index < -0.39 is 14.9 Å². The number of sulfonamides is 1. The number of anilines is 1. The first-order valence-electron chi connectivity index (χ1n) is 10.2. The Morgan fingerprint density at radius 2 is 1.80 bits per heavy atom. The van der Waals surface area contributed by atoms with Crippen molar-refractivity contribution in [3.8, 4) is 0 Å². The number of hydrogen-bond donors (Lipinski definition) is 1. The lowest BCUT2D eigenvalue weighted by Gasteiger charge is -2.33. The van der Waals surface area contributed by atoms with Gasteiger partial charge in [-0.3, -0.25) is 14.9 Å². The number of nitro groups is 1. The zero-order valence-corrected chi connectivity index (χ0v) is 18.2. The number of piperazine rings is 1. The monoisotopic (exact) mass is 439 g/mol. The lowest BCUT2D eigenvalue weighted by Crippen LogP contribution is -2.47. The maximum atomic E-state index is 13.0. The molecule has 2 fully saturated rings. The summed E-state index contributed by atoms with van der Waals surface area (Å²) in [5, 5.41) is 14.5. The first-order chi connectivity index (χ1) is 14.2. The van der Waals surface area contributed by atoms with Gasteiger partial charge in [-0.25, -0.2) is 8.42 Å². The van der Waals surface area contributed by atoms with Crippen molar-refractivity contribution in [2.45, 2.75) is 24.7 Å². The Bertz CT molecular complexity index is 891. The number of piperidine rings is 1. The number of hydrogen-bond acceptors (Lipinski definition) is 7. The Kier molecular flexibility index (Phi) is 6.94. The number of carbonyl (C=O) groups excluding carboxylic acids is 1. The molecule has 0 saturated carbocycles. The minimum atomic E-state index is -3.78. The molecule has 0 aliphatic carbocycles. The minimum Gasteiger partial charge on any atom is -0.366 e. The molecule has 0 unspecified atom stereocenters. The van der Waals surface area contributed by atoms with Gasteiger partial charge in [-0.1, -0.05) is 0 Å². The van der Waals surface area contributed by atoms with Crippen LogP contribution in [-0.4, -0.2) is 81.3 Å². The van der Waals surface area contributed by atoms with Crippen molar-refractivity contribution in [1.29, 1.82) is 0 Å². The molecule has 166 valence electrons. The van der Waals surface area contributed by atoms with Gasteiger partial charge in [0.1, 0.15) is 5.69 Å². The number of nitrogens with zero attached hydrogens (tertiary/aromatic N) is 4. The first-order valence-corrected chi connectivity index (χ1v) is 11.7. The van der Waals surface area contributed by atoms with Crippen molar-refractivity contribution >= 4 is 27.3 Å². The third kappa shape index (κ3) is 4.73. The number of carbonyl (C=O) groups is 1. The number of nitrogens with one attached hydrogen (secondary N) is 1. The number of benzene rings is 1. The summed E-state index contributed by atoms with van der Waals surface area (Å²) in [6, 6.07) is 4.14. The van der Waals surface area contributed by atoms with E-state index in [1.807, 2.05) is 23.8 Å². The summed E-state index contributed by atoms with van der Waals surface area (Å²) in [5.41, 5.74) is 0.174. The number of rotatable bonds is 6. The molecule has 10 nitrogen and oxygen atoms in total. The minimum absolute atomic E-state index is 0.0141. The maximum absolute atomic E-state index is 13.0. The predicted molar refractivity (Wildman–Crippen MR) is 113 cm³/mol. The zero-order chi connectivity index (χ0) is 21.9. The van der Waals surface area contributed by atoms with Crippen LogP contribution in [0.1, 0.15) is 19.8 Å². The average molecular weight is 440 g/mol. The van der Waals surface area contributed by atoms with Crippen LogP contribution in [0.3, 0.4) is 0 Å². The van der Waals surface area contributed by atoms with Crippen molar-refractivity contribution in [1.82, 2.24) is 14.5 Å². The number of amides is 1. The van der Waals surface area contributed by atoms with Crippen LogP contribution in [0.5, 0.6) is 0 Å².